The molecule has 1 aromatic rings. The van der Waals surface area contributed by atoms with E-state index >= 15 is 0 Å². The molecule has 0 amide bonds. The highest BCUT2D eigenvalue weighted by Crippen LogP contribution is 2.35. The van der Waals surface area contributed by atoms with Crippen molar-refractivity contribution in [3.05, 3.63) is 23.3 Å². The fraction of sp³-hybridized carbons (Fsp3) is 0.400. The lowest BCUT2D eigenvalue weighted by molar-refractivity contribution is 0.189. The van der Waals surface area contributed by atoms with E-state index in [1.165, 1.54) is 7.11 Å². The highest BCUT2D eigenvalue weighted by Gasteiger charge is 2.15. The summed E-state index contributed by atoms with van der Waals surface area (Å²) in [6.45, 7) is 3.37. The van der Waals surface area contributed by atoms with E-state index in [-0.39, 0.29) is 5.75 Å². The van der Waals surface area contributed by atoms with E-state index < -0.39 is 6.10 Å². The van der Waals surface area contributed by atoms with Gasteiger partial charge in [0.1, 0.15) is 11.5 Å². The Bertz CT molecular complexity index is 305. The molecule has 72 valence electrons. The van der Waals surface area contributed by atoms with Gasteiger partial charge in [0.25, 0.3) is 0 Å². The Balaban J connectivity index is 3.32. The van der Waals surface area contributed by atoms with E-state index in [0.29, 0.717) is 11.3 Å². The predicted octanol–water partition coefficient (Wildman–Crippen LogP) is 1.76. The molecule has 0 fully saturated rings. The quantitative estimate of drug-likeness (QED) is 0.732. The van der Waals surface area contributed by atoms with Crippen molar-refractivity contribution in [3.63, 3.8) is 0 Å². The number of aromatic hydroxyl groups is 1. The smallest absolute Gasteiger partial charge is 0.128 e. The van der Waals surface area contributed by atoms with Crippen molar-refractivity contribution in [2.45, 2.75) is 20.0 Å². The monoisotopic (exact) mass is 182 g/mol. The van der Waals surface area contributed by atoms with Crippen LogP contribution in [0.5, 0.6) is 11.5 Å². The second-order valence-electron chi connectivity index (χ2n) is 3.02. The first-order valence-corrected chi connectivity index (χ1v) is 4.12. The molecule has 0 aliphatic carbocycles. The summed E-state index contributed by atoms with van der Waals surface area (Å²) in [5.41, 5.74) is 1.18. The summed E-state index contributed by atoms with van der Waals surface area (Å²) in [6.07, 6.45) is -0.727. The summed E-state index contributed by atoms with van der Waals surface area (Å²) in [4.78, 5) is 0. The lowest BCUT2D eigenvalue weighted by Crippen LogP contribution is -1.98. The van der Waals surface area contributed by atoms with Gasteiger partial charge in [0, 0.05) is 0 Å². The number of hydrogen-bond acceptors (Lipinski definition) is 3. The third-order valence-corrected chi connectivity index (χ3v) is 2.02. The fourth-order valence-electron chi connectivity index (χ4n) is 1.28. The highest BCUT2D eigenvalue weighted by molar-refractivity contribution is 5.49. The molecular formula is C10H14O3. The van der Waals surface area contributed by atoms with Crippen LogP contribution in [0.1, 0.15) is 24.2 Å². The lowest BCUT2D eigenvalue weighted by atomic mass is 10.0. The number of rotatable bonds is 2. The van der Waals surface area contributed by atoms with Gasteiger partial charge >= 0.3 is 0 Å². The normalized spacial score (nSPS) is 12.6. The van der Waals surface area contributed by atoms with Crippen LogP contribution in [0, 0.1) is 6.92 Å². The minimum Gasteiger partial charge on any atom is -0.507 e. The topological polar surface area (TPSA) is 49.7 Å². The number of benzene rings is 1. The van der Waals surface area contributed by atoms with Crippen LogP contribution in [0.2, 0.25) is 0 Å². The van der Waals surface area contributed by atoms with Crippen LogP contribution in [-0.4, -0.2) is 17.3 Å². The van der Waals surface area contributed by atoms with Crippen molar-refractivity contribution in [2.24, 2.45) is 0 Å². The van der Waals surface area contributed by atoms with Gasteiger partial charge in [-0.15, -0.1) is 0 Å². The number of methoxy groups -OCH3 is 1. The van der Waals surface area contributed by atoms with Crippen LogP contribution in [-0.2, 0) is 0 Å². The first kappa shape index (κ1) is 9.86. The van der Waals surface area contributed by atoms with E-state index in [2.05, 4.69) is 0 Å². The number of phenols is 1. The summed E-state index contributed by atoms with van der Waals surface area (Å²) >= 11 is 0. The third-order valence-electron chi connectivity index (χ3n) is 2.02. The Hall–Kier alpha value is -1.22. The van der Waals surface area contributed by atoms with Crippen molar-refractivity contribution < 1.29 is 14.9 Å². The van der Waals surface area contributed by atoms with Gasteiger partial charge in [0.15, 0.2) is 0 Å². The maximum atomic E-state index is 9.64. The van der Waals surface area contributed by atoms with Crippen molar-refractivity contribution >= 4 is 0 Å². The van der Waals surface area contributed by atoms with Crippen molar-refractivity contribution in [2.75, 3.05) is 7.11 Å². The fourth-order valence-corrected chi connectivity index (χ4v) is 1.28. The van der Waals surface area contributed by atoms with Gasteiger partial charge < -0.3 is 14.9 Å². The molecule has 2 N–H and O–H groups in total. The molecule has 0 saturated heterocycles. The van der Waals surface area contributed by atoms with E-state index in [9.17, 15) is 10.2 Å². The molecule has 3 heteroatoms. The Morgan fingerprint density at radius 1 is 1.38 bits per heavy atom. The van der Waals surface area contributed by atoms with Gasteiger partial charge in [-0.05, 0) is 25.5 Å². The maximum absolute atomic E-state index is 9.64. The first-order chi connectivity index (χ1) is 6.07. The van der Waals surface area contributed by atoms with E-state index in [1.807, 2.05) is 0 Å². The molecule has 1 atom stereocenters. The Morgan fingerprint density at radius 2 is 2.00 bits per heavy atom. The molecule has 0 saturated carbocycles. The number of aliphatic hydroxyl groups is 1. The summed E-state index contributed by atoms with van der Waals surface area (Å²) in [6, 6.07) is 3.48. The highest BCUT2D eigenvalue weighted by atomic mass is 16.5. The van der Waals surface area contributed by atoms with E-state index in [4.69, 9.17) is 4.74 Å². The van der Waals surface area contributed by atoms with Crippen LogP contribution in [0.15, 0.2) is 12.1 Å². The predicted molar refractivity (Wildman–Crippen MR) is 50.0 cm³/mol. The van der Waals surface area contributed by atoms with E-state index in [1.54, 1.807) is 26.0 Å². The van der Waals surface area contributed by atoms with Crippen molar-refractivity contribution in [1.82, 2.24) is 0 Å². The molecule has 1 aromatic carbocycles. The average molecular weight is 182 g/mol. The molecule has 1 unspecified atom stereocenters. The average Bonchev–Trinajstić information content (AvgIpc) is 2.08. The molecule has 0 aliphatic heterocycles. The third kappa shape index (κ3) is 1.75. The minimum atomic E-state index is -0.727. The molecule has 1 rings (SSSR count). The van der Waals surface area contributed by atoms with Crippen molar-refractivity contribution in [3.8, 4) is 11.5 Å². The summed E-state index contributed by atoms with van der Waals surface area (Å²) in [5, 5.41) is 19.0. The molecule has 13 heavy (non-hydrogen) atoms. The molecule has 0 spiro atoms. The Labute approximate surface area is 77.6 Å². The zero-order valence-corrected chi connectivity index (χ0v) is 8.03. The molecule has 0 aliphatic rings. The SMILES string of the molecule is COc1ccc(C)c(O)c1C(C)O. The number of hydrogen-bond donors (Lipinski definition) is 2. The van der Waals surface area contributed by atoms with Gasteiger partial charge in [-0.25, -0.2) is 0 Å². The van der Waals surface area contributed by atoms with E-state index in [0.717, 1.165) is 5.56 Å². The van der Waals surface area contributed by atoms with Gasteiger partial charge in [-0.1, -0.05) is 6.07 Å². The van der Waals surface area contributed by atoms with Crippen LogP contribution in [0.4, 0.5) is 0 Å². The Morgan fingerprint density at radius 3 is 2.46 bits per heavy atom. The van der Waals surface area contributed by atoms with Gasteiger partial charge in [-0.2, -0.15) is 0 Å². The van der Waals surface area contributed by atoms with Crippen LogP contribution < -0.4 is 4.74 Å². The second-order valence-corrected chi connectivity index (χ2v) is 3.02. The number of aryl methyl sites for hydroxylation is 1. The maximum Gasteiger partial charge on any atom is 0.128 e. The molecule has 0 heterocycles. The van der Waals surface area contributed by atoms with Gasteiger partial charge in [0.2, 0.25) is 0 Å². The number of ether oxygens (including phenoxy) is 1. The number of aliphatic hydroxyl groups excluding tert-OH is 1. The Kier molecular flexibility index (Phi) is 2.78. The standard InChI is InChI=1S/C10H14O3/c1-6-4-5-8(13-3)9(7(2)11)10(6)12/h4-5,7,11-12H,1-3H3. The summed E-state index contributed by atoms with van der Waals surface area (Å²) in [5.74, 6) is 0.618. The lowest BCUT2D eigenvalue weighted by Gasteiger charge is -2.14. The minimum absolute atomic E-state index is 0.106. The molecule has 3 nitrogen and oxygen atoms in total. The molecular weight excluding hydrogens is 168 g/mol. The van der Waals surface area contributed by atoms with Gasteiger partial charge in [0.05, 0.1) is 18.8 Å². The zero-order chi connectivity index (χ0) is 10.0. The summed E-state index contributed by atoms with van der Waals surface area (Å²) < 4.78 is 5.02. The number of phenolic OH excluding ortho intramolecular Hbond substituents is 1. The van der Waals surface area contributed by atoms with Crippen LogP contribution >= 0.6 is 0 Å². The first-order valence-electron chi connectivity index (χ1n) is 4.12. The zero-order valence-electron chi connectivity index (χ0n) is 8.03. The molecule has 0 bridgehead atoms. The second kappa shape index (κ2) is 3.66. The summed E-state index contributed by atoms with van der Waals surface area (Å²) in [7, 11) is 1.51. The van der Waals surface area contributed by atoms with Crippen LogP contribution in [0.3, 0.4) is 0 Å². The van der Waals surface area contributed by atoms with Gasteiger partial charge in [-0.3, -0.25) is 0 Å². The molecule has 0 aromatic heterocycles. The van der Waals surface area contributed by atoms with Crippen molar-refractivity contribution in [1.29, 1.82) is 0 Å². The molecule has 0 radical (unpaired) electrons. The van der Waals surface area contributed by atoms with Crippen LogP contribution in [0.25, 0.3) is 0 Å². The largest absolute Gasteiger partial charge is 0.507 e.